The number of urea groups is 1. The molecule has 2 unspecified atom stereocenters. The number of aliphatic carboxylic acids is 1. The number of nitrogens with one attached hydrogen (secondary N) is 1. The second kappa shape index (κ2) is 7.20. The van der Waals surface area contributed by atoms with E-state index >= 15 is 0 Å². The van der Waals surface area contributed by atoms with Crippen molar-refractivity contribution in [3.8, 4) is 0 Å². The van der Waals surface area contributed by atoms with Crippen LogP contribution >= 0.6 is 0 Å². The molecule has 1 aromatic carbocycles. The van der Waals surface area contributed by atoms with E-state index in [-0.39, 0.29) is 6.54 Å². The van der Waals surface area contributed by atoms with E-state index in [1.54, 1.807) is 18.2 Å². The smallest absolute Gasteiger partial charge is 0.318 e. The second-order valence-electron chi connectivity index (χ2n) is 5.30. The Hall–Kier alpha value is -2.18. The molecule has 0 radical (unpaired) electrons. The molecule has 2 atom stereocenters. The van der Waals surface area contributed by atoms with Crippen molar-refractivity contribution in [1.82, 2.24) is 10.2 Å². The molecule has 2 amide bonds. The first kappa shape index (κ1) is 16.2. The molecule has 0 bridgehead atoms. The van der Waals surface area contributed by atoms with E-state index in [4.69, 9.17) is 5.11 Å². The van der Waals surface area contributed by atoms with Gasteiger partial charge in [0.15, 0.2) is 0 Å². The average Bonchev–Trinajstić information content (AvgIpc) is 2.53. The molecule has 1 aromatic rings. The van der Waals surface area contributed by atoms with Crippen LogP contribution in [0.3, 0.4) is 0 Å². The first-order valence-electron chi connectivity index (χ1n) is 7.10. The summed E-state index contributed by atoms with van der Waals surface area (Å²) >= 11 is 0. The van der Waals surface area contributed by atoms with Gasteiger partial charge in [-0.1, -0.05) is 30.3 Å². The molecule has 0 aromatic heterocycles. The first-order chi connectivity index (χ1) is 10.5. The van der Waals surface area contributed by atoms with Crippen LogP contribution in [0.5, 0.6) is 0 Å². The molecule has 0 saturated carbocycles. The van der Waals surface area contributed by atoms with Crippen molar-refractivity contribution in [3.63, 3.8) is 0 Å². The Kier molecular flexibility index (Phi) is 5.30. The van der Waals surface area contributed by atoms with Gasteiger partial charge in [-0.05, 0) is 18.4 Å². The number of likely N-dealkylation sites (tertiary alicyclic amines) is 1. The highest BCUT2D eigenvalue weighted by Gasteiger charge is 2.31. The Bertz CT molecular complexity index is 525. The number of amides is 2. The summed E-state index contributed by atoms with van der Waals surface area (Å²) in [5, 5.41) is 11.3. The van der Waals surface area contributed by atoms with Gasteiger partial charge < -0.3 is 15.3 Å². The first-order valence-corrected chi connectivity index (χ1v) is 7.10. The standard InChI is InChI=1S/C15H18F2N2O3/c16-13(17)12(10-5-2-1-3-6-10)18-15(22)19-8-4-7-11(9-19)14(20)21/h1-3,5-6,11-13H,4,7-9H2,(H,18,22)(H,20,21). The van der Waals surface area contributed by atoms with Crippen LogP contribution in [0.1, 0.15) is 24.4 Å². The number of hydrogen-bond donors (Lipinski definition) is 2. The predicted molar refractivity (Wildman–Crippen MR) is 75.7 cm³/mol. The minimum Gasteiger partial charge on any atom is -0.481 e. The van der Waals surface area contributed by atoms with Crippen molar-refractivity contribution in [1.29, 1.82) is 0 Å². The van der Waals surface area contributed by atoms with Crippen LogP contribution in [0, 0.1) is 5.92 Å². The van der Waals surface area contributed by atoms with Crippen LogP contribution in [0.15, 0.2) is 30.3 Å². The fraction of sp³-hybridized carbons (Fsp3) is 0.467. The molecular formula is C15H18F2N2O3. The van der Waals surface area contributed by atoms with E-state index in [2.05, 4.69) is 5.32 Å². The molecule has 2 rings (SSSR count). The highest BCUT2D eigenvalue weighted by molar-refractivity contribution is 5.77. The lowest BCUT2D eigenvalue weighted by Crippen LogP contribution is -2.48. The Balaban J connectivity index is 2.04. The maximum Gasteiger partial charge on any atom is 0.318 e. The SMILES string of the molecule is O=C(O)C1CCCN(C(=O)NC(c2ccccc2)C(F)F)C1. The van der Waals surface area contributed by atoms with E-state index in [1.807, 2.05) is 0 Å². The summed E-state index contributed by atoms with van der Waals surface area (Å²) in [4.78, 5) is 24.4. The van der Waals surface area contributed by atoms with E-state index in [9.17, 15) is 18.4 Å². The zero-order chi connectivity index (χ0) is 16.1. The van der Waals surface area contributed by atoms with Gasteiger partial charge in [0.1, 0.15) is 6.04 Å². The van der Waals surface area contributed by atoms with Crippen molar-refractivity contribution in [2.24, 2.45) is 5.92 Å². The Morgan fingerprint density at radius 3 is 2.55 bits per heavy atom. The maximum absolute atomic E-state index is 13.2. The fourth-order valence-electron chi connectivity index (χ4n) is 2.54. The lowest BCUT2D eigenvalue weighted by Gasteiger charge is -2.32. The van der Waals surface area contributed by atoms with Crippen LogP contribution in [0.4, 0.5) is 13.6 Å². The average molecular weight is 312 g/mol. The highest BCUT2D eigenvalue weighted by atomic mass is 19.3. The predicted octanol–water partition coefficient (Wildman–Crippen LogP) is 2.50. The summed E-state index contributed by atoms with van der Waals surface area (Å²) < 4.78 is 26.4. The molecule has 1 saturated heterocycles. The zero-order valence-electron chi connectivity index (χ0n) is 11.9. The molecule has 2 N–H and O–H groups in total. The normalized spacial score (nSPS) is 19.8. The Morgan fingerprint density at radius 2 is 1.95 bits per heavy atom. The van der Waals surface area contributed by atoms with Crippen molar-refractivity contribution in [2.75, 3.05) is 13.1 Å². The van der Waals surface area contributed by atoms with Crippen molar-refractivity contribution in [3.05, 3.63) is 35.9 Å². The molecule has 5 nitrogen and oxygen atoms in total. The summed E-state index contributed by atoms with van der Waals surface area (Å²) in [5.74, 6) is -1.60. The minimum atomic E-state index is -2.74. The van der Waals surface area contributed by atoms with Gasteiger partial charge in [0, 0.05) is 13.1 Å². The number of alkyl halides is 2. The topological polar surface area (TPSA) is 69.6 Å². The number of benzene rings is 1. The summed E-state index contributed by atoms with van der Waals surface area (Å²) in [7, 11) is 0. The molecule has 7 heteroatoms. The van der Waals surface area contributed by atoms with Crippen molar-refractivity contribution < 1.29 is 23.5 Å². The molecule has 120 valence electrons. The van der Waals surface area contributed by atoms with Gasteiger partial charge in [0.2, 0.25) is 0 Å². The third-order valence-corrected chi connectivity index (χ3v) is 3.75. The van der Waals surface area contributed by atoms with Crippen molar-refractivity contribution in [2.45, 2.75) is 25.3 Å². The monoisotopic (exact) mass is 312 g/mol. The number of rotatable bonds is 4. The lowest BCUT2D eigenvalue weighted by molar-refractivity contribution is -0.143. The summed E-state index contributed by atoms with van der Waals surface area (Å²) in [6.45, 7) is 0.423. The van der Waals surface area contributed by atoms with E-state index < -0.39 is 30.4 Å². The van der Waals surface area contributed by atoms with Gasteiger partial charge in [0.25, 0.3) is 6.43 Å². The number of carbonyl (C=O) groups excluding carboxylic acids is 1. The number of halogens is 2. The molecule has 22 heavy (non-hydrogen) atoms. The van der Waals surface area contributed by atoms with Gasteiger partial charge in [-0.2, -0.15) is 0 Å². The van der Waals surface area contributed by atoms with E-state index in [1.165, 1.54) is 17.0 Å². The van der Waals surface area contributed by atoms with Crippen LogP contribution in [0.2, 0.25) is 0 Å². The van der Waals surface area contributed by atoms with Gasteiger partial charge in [-0.15, -0.1) is 0 Å². The van der Waals surface area contributed by atoms with Gasteiger partial charge >= 0.3 is 12.0 Å². The third kappa shape index (κ3) is 3.93. The number of hydrogen-bond acceptors (Lipinski definition) is 2. The van der Waals surface area contributed by atoms with Crippen molar-refractivity contribution >= 4 is 12.0 Å². The number of carboxylic acid groups (broad SMARTS) is 1. The van der Waals surface area contributed by atoms with Gasteiger partial charge in [-0.25, -0.2) is 13.6 Å². The number of nitrogens with zero attached hydrogens (tertiary/aromatic N) is 1. The molecule has 1 heterocycles. The second-order valence-corrected chi connectivity index (χ2v) is 5.30. The minimum absolute atomic E-state index is 0.0475. The molecular weight excluding hydrogens is 294 g/mol. The van der Waals surface area contributed by atoms with E-state index in [0.29, 0.717) is 24.9 Å². The fourth-order valence-corrected chi connectivity index (χ4v) is 2.54. The summed E-state index contributed by atoms with van der Waals surface area (Å²) in [6, 6.07) is 5.94. The van der Waals surface area contributed by atoms with Crippen LogP contribution in [-0.4, -0.2) is 41.5 Å². The van der Waals surface area contributed by atoms with Gasteiger partial charge in [0.05, 0.1) is 5.92 Å². The summed E-state index contributed by atoms with van der Waals surface area (Å²) in [5.41, 5.74) is 0.317. The highest BCUT2D eigenvalue weighted by Crippen LogP contribution is 2.22. The molecule has 0 aliphatic carbocycles. The van der Waals surface area contributed by atoms with Gasteiger partial charge in [-0.3, -0.25) is 4.79 Å². The lowest BCUT2D eigenvalue weighted by atomic mass is 9.98. The molecule has 1 aliphatic heterocycles. The Morgan fingerprint density at radius 1 is 1.27 bits per heavy atom. The molecule has 1 fully saturated rings. The maximum atomic E-state index is 13.2. The Labute approximate surface area is 126 Å². The largest absolute Gasteiger partial charge is 0.481 e. The van der Waals surface area contributed by atoms with Crippen LogP contribution in [-0.2, 0) is 4.79 Å². The third-order valence-electron chi connectivity index (χ3n) is 3.75. The summed E-state index contributed by atoms with van der Waals surface area (Å²) in [6.07, 6.45) is -1.70. The number of carboxylic acids is 1. The number of carbonyl (C=O) groups is 2. The molecule has 0 spiro atoms. The number of piperidine rings is 1. The molecule has 1 aliphatic rings. The van der Waals surface area contributed by atoms with Crippen LogP contribution < -0.4 is 5.32 Å². The van der Waals surface area contributed by atoms with Crippen LogP contribution in [0.25, 0.3) is 0 Å². The van der Waals surface area contributed by atoms with E-state index in [0.717, 1.165) is 0 Å². The zero-order valence-corrected chi connectivity index (χ0v) is 11.9. The quantitative estimate of drug-likeness (QED) is 0.897.